The number of amides is 2. The molecule has 1 aromatic heterocycles. The van der Waals surface area contributed by atoms with Crippen LogP contribution < -0.4 is 10.9 Å². The van der Waals surface area contributed by atoms with Gasteiger partial charge in [-0.25, -0.2) is 4.79 Å². The second kappa shape index (κ2) is 9.96. The number of benzene rings is 3. The molecule has 3 aromatic carbocycles. The molecule has 32 heavy (non-hydrogen) atoms. The third kappa shape index (κ3) is 5.24. The molecule has 0 aliphatic heterocycles. The summed E-state index contributed by atoms with van der Waals surface area (Å²) in [5.41, 5.74) is 4.45. The third-order valence-corrected chi connectivity index (χ3v) is 5.61. The lowest BCUT2D eigenvalue weighted by molar-refractivity contribution is 0.195. The van der Waals surface area contributed by atoms with Gasteiger partial charge in [0.15, 0.2) is 0 Å². The molecule has 0 aliphatic rings. The van der Waals surface area contributed by atoms with Crippen LogP contribution in [0.3, 0.4) is 0 Å². The Balaban J connectivity index is 1.55. The molecule has 2 amide bonds. The van der Waals surface area contributed by atoms with Crippen LogP contribution in [0.4, 0.5) is 4.79 Å². The number of carbonyl (C=O) groups is 1. The maximum absolute atomic E-state index is 13.1. The van der Waals surface area contributed by atoms with E-state index in [2.05, 4.69) is 10.3 Å². The van der Waals surface area contributed by atoms with Gasteiger partial charge in [-0.3, -0.25) is 4.79 Å². The van der Waals surface area contributed by atoms with E-state index < -0.39 is 0 Å². The van der Waals surface area contributed by atoms with E-state index in [0.29, 0.717) is 25.1 Å². The summed E-state index contributed by atoms with van der Waals surface area (Å²) in [6, 6.07) is 27.5. The number of pyridine rings is 1. The van der Waals surface area contributed by atoms with Crippen LogP contribution in [0.25, 0.3) is 10.9 Å². The number of hydrogen-bond acceptors (Lipinski definition) is 2. The molecular formula is C27H27N3O2. The van der Waals surface area contributed by atoms with E-state index in [1.165, 1.54) is 0 Å². The van der Waals surface area contributed by atoms with Crippen LogP contribution in [0.15, 0.2) is 89.7 Å². The number of urea groups is 1. The summed E-state index contributed by atoms with van der Waals surface area (Å²) >= 11 is 0. The van der Waals surface area contributed by atoms with Crippen molar-refractivity contribution in [1.82, 2.24) is 15.2 Å². The number of aromatic amines is 1. The zero-order valence-corrected chi connectivity index (χ0v) is 18.2. The summed E-state index contributed by atoms with van der Waals surface area (Å²) in [5.74, 6) is 0. The van der Waals surface area contributed by atoms with Gasteiger partial charge in [0.05, 0.1) is 12.1 Å². The molecule has 0 fully saturated rings. The van der Waals surface area contributed by atoms with E-state index in [4.69, 9.17) is 0 Å². The minimum Gasteiger partial charge on any atom is -0.334 e. The van der Waals surface area contributed by atoms with E-state index in [-0.39, 0.29) is 18.1 Å². The van der Waals surface area contributed by atoms with Gasteiger partial charge in [-0.2, -0.15) is 0 Å². The van der Waals surface area contributed by atoms with Crippen molar-refractivity contribution in [2.24, 2.45) is 0 Å². The van der Waals surface area contributed by atoms with Crippen LogP contribution in [0.1, 0.15) is 22.3 Å². The van der Waals surface area contributed by atoms with Crippen LogP contribution in [0.2, 0.25) is 0 Å². The van der Waals surface area contributed by atoms with E-state index in [0.717, 1.165) is 27.6 Å². The highest BCUT2D eigenvalue weighted by molar-refractivity contribution is 5.82. The molecule has 5 heteroatoms. The van der Waals surface area contributed by atoms with Crippen molar-refractivity contribution >= 4 is 16.9 Å². The normalized spacial score (nSPS) is 10.8. The molecule has 5 nitrogen and oxygen atoms in total. The van der Waals surface area contributed by atoms with Gasteiger partial charge in [-0.05, 0) is 41.5 Å². The Hall–Kier alpha value is -3.86. The van der Waals surface area contributed by atoms with Crippen LogP contribution in [-0.4, -0.2) is 22.5 Å². The lowest BCUT2D eigenvalue weighted by atomic mass is 10.1. The molecule has 0 saturated heterocycles. The highest BCUT2D eigenvalue weighted by Crippen LogP contribution is 2.16. The lowest BCUT2D eigenvalue weighted by Gasteiger charge is -2.23. The minimum atomic E-state index is -0.187. The van der Waals surface area contributed by atoms with Crippen LogP contribution in [-0.2, 0) is 19.5 Å². The first-order valence-electron chi connectivity index (χ1n) is 10.8. The Labute approximate surface area is 187 Å². The van der Waals surface area contributed by atoms with Gasteiger partial charge < -0.3 is 15.2 Å². The van der Waals surface area contributed by atoms with E-state index in [9.17, 15) is 9.59 Å². The molecule has 0 aliphatic carbocycles. The zero-order chi connectivity index (χ0) is 22.3. The summed E-state index contributed by atoms with van der Waals surface area (Å²) in [4.78, 5) is 30.6. The summed E-state index contributed by atoms with van der Waals surface area (Å²) in [7, 11) is 0. The Bertz CT molecular complexity index is 1250. The molecule has 0 unspecified atom stereocenters. The average Bonchev–Trinajstić information content (AvgIpc) is 2.82. The molecule has 1 heterocycles. The smallest absolute Gasteiger partial charge is 0.317 e. The Morgan fingerprint density at radius 2 is 1.59 bits per heavy atom. The quantitative estimate of drug-likeness (QED) is 0.447. The largest absolute Gasteiger partial charge is 0.334 e. The fourth-order valence-corrected chi connectivity index (χ4v) is 3.80. The number of para-hydroxylation sites is 1. The SMILES string of the molecule is Cc1cccc2cc(CN(CCc3ccccc3)C(=O)NCc3ccccc3)c(=O)[nH]c12. The predicted molar refractivity (Wildman–Crippen MR) is 129 cm³/mol. The molecule has 162 valence electrons. The molecular weight excluding hydrogens is 398 g/mol. The maximum Gasteiger partial charge on any atom is 0.317 e. The summed E-state index contributed by atoms with van der Waals surface area (Å²) in [6.45, 7) is 3.17. The van der Waals surface area contributed by atoms with Crippen molar-refractivity contribution < 1.29 is 4.79 Å². The van der Waals surface area contributed by atoms with Crippen molar-refractivity contribution in [1.29, 1.82) is 0 Å². The van der Waals surface area contributed by atoms with Crippen LogP contribution in [0.5, 0.6) is 0 Å². The van der Waals surface area contributed by atoms with Gasteiger partial charge in [0.2, 0.25) is 0 Å². The van der Waals surface area contributed by atoms with E-state index in [1.54, 1.807) is 4.90 Å². The molecule has 4 rings (SSSR count). The first-order valence-corrected chi connectivity index (χ1v) is 10.8. The lowest BCUT2D eigenvalue weighted by Crippen LogP contribution is -2.41. The van der Waals surface area contributed by atoms with Gasteiger partial charge in [-0.1, -0.05) is 78.9 Å². The predicted octanol–water partition coefficient (Wildman–Crippen LogP) is 4.79. The average molecular weight is 426 g/mol. The number of aromatic nitrogens is 1. The maximum atomic E-state index is 13.1. The van der Waals surface area contributed by atoms with Gasteiger partial charge in [0, 0.05) is 18.7 Å². The molecule has 0 bridgehead atoms. The second-order valence-corrected chi connectivity index (χ2v) is 7.96. The summed E-state index contributed by atoms with van der Waals surface area (Å²) in [5, 5.41) is 3.96. The number of rotatable bonds is 7. The topological polar surface area (TPSA) is 65.2 Å². The molecule has 2 N–H and O–H groups in total. The van der Waals surface area contributed by atoms with Crippen molar-refractivity contribution in [3.8, 4) is 0 Å². The number of nitrogens with zero attached hydrogens (tertiary/aromatic N) is 1. The Kier molecular flexibility index (Phi) is 6.66. The van der Waals surface area contributed by atoms with E-state index in [1.807, 2.05) is 91.9 Å². The first-order chi connectivity index (χ1) is 15.6. The summed E-state index contributed by atoms with van der Waals surface area (Å²) < 4.78 is 0. The van der Waals surface area contributed by atoms with Gasteiger partial charge >= 0.3 is 6.03 Å². The minimum absolute atomic E-state index is 0.160. The zero-order valence-electron chi connectivity index (χ0n) is 18.2. The fourth-order valence-electron chi connectivity index (χ4n) is 3.80. The molecule has 0 spiro atoms. The third-order valence-electron chi connectivity index (χ3n) is 5.61. The number of fused-ring (bicyclic) bond motifs is 1. The number of aryl methyl sites for hydroxylation is 1. The van der Waals surface area contributed by atoms with Crippen LogP contribution >= 0.6 is 0 Å². The van der Waals surface area contributed by atoms with Gasteiger partial charge in [0.1, 0.15) is 0 Å². The highest BCUT2D eigenvalue weighted by Gasteiger charge is 2.16. The number of hydrogen-bond donors (Lipinski definition) is 2. The van der Waals surface area contributed by atoms with Crippen molar-refractivity contribution in [2.45, 2.75) is 26.4 Å². The standard InChI is InChI=1S/C27H27N3O2/c1-20-9-8-14-23-17-24(26(31)29-25(20)23)19-30(16-15-21-10-4-2-5-11-21)27(32)28-18-22-12-6-3-7-13-22/h2-14,17H,15-16,18-19H2,1H3,(H,28,32)(H,29,31). The number of H-pyrrole nitrogens is 1. The molecule has 4 aromatic rings. The fraction of sp³-hybridized carbons (Fsp3) is 0.185. The Morgan fingerprint density at radius 3 is 2.31 bits per heavy atom. The first kappa shape index (κ1) is 21.4. The highest BCUT2D eigenvalue weighted by atomic mass is 16.2. The Morgan fingerprint density at radius 1 is 0.906 bits per heavy atom. The summed E-state index contributed by atoms with van der Waals surface area (Å²) in [6.07, 6.45) is 0.712. The molecule has 0 radical (unpaired) electrons. The monoisotopic (exact) mass is 425 g/mol. The number of carbonyl (C=O) groups excluding carboxylic acids is 1. The second-order valence-electron chi connectivity index (χ2n) is 7.96. The van der Waals surface area contributed by atoms with Gasteiger partial charge in [0.25, 0.3) is 5.56 Å². The van der Waals surface area contributed by atoms with Crippen molar-refractivity contribution in [2.75, 3.05) is 6.54 Å². The van der Waals surface area contributed by atoms with Crippen molar-refractivity contribution in [3.63, 3.8) is 0 Å². The van der Waals surface area contributed by atoms with Gasteiger partial charge in [-0.15, -0.1) is 0 Å². The molecule has 0 saturated carbocycles. The van der Waals surface area contributed by atoms with Crippen LogP contribution in [0, 0.1) is 6.92 Å². The van der Waals surface area contributed by atoms with Crippen molar-refractivity contribution in [3.05, 3.63) is 118 Å². The molecule has 0 atom stereocenters. The number of nitrogens with one attached hydrogen (secondary N) is 2. The van der Waals surface area contributed by atoms with E-state index >= 15 is 0 Å².